The number of nitrogens with one attached hydrogen (secondary N) is 1. The molecule has 0 aliphatic rings. The molecule has 0 aliphatic carbocycles. The Balaban J connectivity index is 2.00. The van der Waals surface area contributed by atoms with E-state index in [0.29, 0.717) is 6.42 Å². The van der Waals surface area contributed by atoms with Gasteiger partial charge in [0.2, 0.25) is 0 Å². The second kappa shape index (κ2) is 5.98. The van der Waals surface area contributed by atoms with Crippen molar-refractivity contribution >= 4 is 17.0 Å². The molecule has 1 heterocycles. The molecule has 1 atom stereocenters. The van der Waals surface area contributed by atoms with Gasteiger partial charge in [0.05, 0.1) is 16.7 Å². The summed E-state index contributed by atoms with van der Waals surface area (Å²) in [5.74, 6) is 0. The van der Waals surface area contributed by atoms with Gasteiger partial charge >= 0.3 is 0 Å². The number of aliphatic hydroxyl groups excluding tert-OH is 1. The van der Waals surface area contributed by atoms with Crippen LogP contribution in [0.5, 0.6) is 0 Å². The summed E-state index contributed by atoms with van der Waals surface area (Å²) in [5, 5.41) is 15.5. The molecule has 18 heavy (non-hydrogen) atoms. The quantitative estimate of drug-likeness (QED) is 0.870. The average molecular weight is 262 g/mol. The van der Waals surface area contributed by atoms with E-state index in [1.165, 1.54) is 0 Å². The van der Waals surface area contributed by atoms with E-state index >= 15 is 0 Å². The molecule has 1 unspecified atom stereocenters. The Morgan fingerprint density at radius 3 is 2.61 bits per heavy atom. The molecule has 0 saturated heterocycles. The smallest absolute Gasteiger partial charge is 0.0898 e. The molecule has 0 amide bonds. The maximum absolute atomic E-state index is 8.86. The van der Waals surface area contributed by atoms with E-state index < -0.39 is 0 Å². The van der Waals surface area contributed by atoms with E-state index in [1.54, 1.807) is 11.3 Å². The molecule has 0 spiro atoms. The minimum atomic E-state index is 0.196. The van der Waals surface area contributed by atoms with Crippen LogP contribution in [-0.2, 0) is 6.42 Å². The molecule has 1 aromatic carbocycles. The third kappa shape index (κ3) is 3.31. The van der Waals surface area contributed by atoms with Crippen LogP contribution in [-0.4, -0.2) is 16.7 Å². The zero-order valence-electron chi connectivity index (χ0n) is 10.7. The number of benzene rings is 1. The molecule has 0 aliphatic heterocycles. The Kier molecular flexibility index (Phi) is 4.33. The molecule has 0 radical (unpaired) electrons. The van der Waals surface area contributed by atoms with Gasteiger partial charge in [0.1, 0.15) is 0 Å². The fourth-order valence-electron chi connectivity index (χ4n) is 1.80. The van der Waals surface area contributed by atoms with E-state index in [-0.39, 0.29) is 12.6 Å². The number of aromatic nitrogens is 1. The summed E-state index contributed by atoms with van der Waals surface area (Å²) >= 11 is 1.67. The number of anilines is 1. The lowest BCUT2D eigenvalue weighted by Gasteiger charge is -2.13. The van der Waals surface area contributed by atoms with Gasteiger partial charge in [0.25, 0.3) is 0 Å². The highest BCUT2D eigenvalue weighted by molar-refractivity contribution is 7.09. The highest BCUT2D eigenvalue weighted by Gasteiger charge is 2.08. The van der Waals surface area contributed by atoms with Crippen molar-refractivity contribution in [2.75, 3.05) is 11.9 Å². The van der Waals surface area contributed by atoms with Crippen molar-refractivity contribution in [2.24, 2.45) is 0 Å². The molecule has 0 fully saturated rings. The monoisotopic (exact) mass is 262 g/mol. The van der Waals surface area contributed by atoms with Gasteiger partial charge in [-0.2, -0.15) is 0 Å². The van der Waals surface area contributed by atoms with Gasteiger partial charge in [-0.05, 0) is 38.0 Å². The lowest BCUT2D eigenvalue weighted by Crippen LogP contribution is -2.07. The summed E-state index contributed by atoms with van der Waals surface area (Å²) in [6, 6.07) is 8.37. The van der Waals surface area contributed by atoms with E-state index in [4.69, 9.17) is 5.11 Å². The van der Waals surface area contributed by atoms with Crippen LogP contribution < -0.4 is 5.32 Å². The summed E-state index contributed by atoms with van der Waals surface area (Å²) in [5.41, 5.74) is 3.31. The van der Waals surface area contributed by atoms with Gasteiger partial charge in [-0.1, -0.05) is 12.1 Å². The zero-order chi connectivity index (χ0) is 13.0. The van der Waals surface area contributed by atoms with Crippen molar-refractivity contribution in [1.82, 2.24) is 4.98 Å². The summed E-state index contributed by atoms with van der Waals surface area (Å²) < 4.78 is 0. The topological polar surface area (TPSA) is 45.2 Å². The van der Waals surface area contributed by atoms with E-state index in [2.05, 4.69) is 22.6 Å². The van der Waals surface area contributed by atoms with Crippen molar-refractivity contribution in [1.29, 1.82) is 0 Å². The van der Waals surface area contributed by atoms with E-state index in [9.17, 15) is 0 Å². The number of aliphatic hydroxyl groups is 1. The molecular formula is C14H18N2OS. The fourth-order valence-corrected chi connectivity index (χ4v) is 2.51. The molecule has 1 aromatic heterocycles. The van der Waals surface area contributed by atoms with Crippen molar-refractivity contribution in [3.63, 3.8) is 0 Å². The van der Waals surface area contributed by atoms with Crippen LogP contribution in [0.25, 0.3) is 0 Å². The Morgan fingerprint density at radius 2 is 2.06 bits per heavy atom. The molecule has 0 bridgehead atoms. The maximum atomic E-state index is 8.86. The highest BCUT2D eigenvalue weighted by atomic mass is 32.1. The standard InChI is InChI=1S/C14H18N2OS/c1-10(14-9-18-11(2)16-14)15-13-5-3-12(4-6-13)7-8-17/h3-6,9-10,15,17H,7-8H2,1-2H3. The van der Waals surface area contributed by atoms with Crippen LogP contribution in [0.2, 0.25) is 0 Å². The Morgan fingerprint density at radius 1 is 1.33 bits per heavy atom. The summed E-state index contributed by atoms with van der Waals surface area (Å²) in [6.45, 7) is 4.32. The molecule has 4 heteroatoms. The lowest BCUT2D eigenvalue weighted by atomic mass is 10.1. The van der Waals surface area contributed by atoms with Crippen molar-refractivity contribution in [3.05, 3.63) is 45.9 Å². The number of nitrogens with zero attached hydrogens (tertiary/aromatic N) is 1. The molecular weight excluding hydrogens is 244 g/mol. The maximum Gasteiger partial charge on any atom is 0.0898 e. The van der Waals surface area contributed by atoms with Crippen LogP contribution in [0.3, 0.4) is 0 Å². The largest absolute Gasteiger partial charge is 0.396 e. The predicted molar refractivity (Wildman–Crippen MR) is 76.1 cm³/mol. The van der Waals surface area contributed by atoms with E-state index in [0.717, 1.165) is 22.0 Å². The third-order valence-electron chi connectivity index (χ3n) is 2.82. The molecule has 0 saturated carbocycles. The Bertz CT molecular complexity index is 493. The van der Waals surface area contributed by atoms with Gasteiger partial charge in [0.15, 0.2) is 0 Å². The van der Waals surface area contributed by atoms with Crippen LogP contribution in [0.1, 0.15) is 29.2 Å². The summed E-state index contributed by atoms with van der Waals surface area (Å²) in [4.78, 5) is 4.48. The zero-order valence-corrected chi connectivity index (χ0v) is 11.5. The fraction of sp³-hybridized carbons (Fsp3) is 0.357. The second-order valence-electron chi connectivity index (χ2n) is 4.33. The first kappa shape index (κ1) is 13.1. The SMILES string of the molecule is Cc1nc(C(C)Nc2ccc(CCO)cc2)cs1. The van der Waals surface area contributed by atoms with Crippen LogP contribution >= 0.6 is 11.3 Å². The summed E-state index contributed by atoms with van der Waals surface area (Å²) in [6.07, 6.45) is 0.709. The molecule has 3 nitrogen and oxygen atoms in total. The number of rotatable bonds is 5. The van der Waals surface area contributed by atoms with Crippen molar-refractivity contribution in [2.45, 2.75) is 26.3 Å². The van der Waals surface area contributed by atoms with Crippen molar-refractivity contribution < 1.29 is 5.11 Å². The minimum Gasteiger partial charge on any atom is -0.396 e. The first-order valence-corrected chi connectivity index (χ1v) is 6.95. The third-order valence-corrected chi connectivity index (χ3v) is 3.61. The average Bonchev–Trinajstić information content (AvgIpc) is 2.79. The van der Waals surface area contributed by atoms with Gasteiger partial charge < -0.3 is 10.4 Å². The predicted octanol–water partition coefficient (Wildman–Crippen LogP) is 3.16. The van der Waals surface area contributed by atoms with Gasteiger partial charge in [-0.25, -0.2) is 4.98 Å². The van der Waals surface area contributed by atoms with E-state index in [1.807, 2.05) is 31.2 Å². The molecule has 2 N–H and O–H groups in total. The van der Waals surface area contributed by atoms with Crippen molar-refractivity contribution in [3.8, 4) is 0 Å². The lowest BCUT2D eigenvalue weighted by molar-refractivity contribution is 0.299. The number of thiazole rings is 1. The molecule has 96 valence electrons. The van der Waals surface area contributed by atoms with Gasteiger partial charge in [-0.3, -0.25) is 0 Å². The highest BCUT2D eigenvalue weighted by Crippen LogP contribution is 2.21. The number of hydrogen-bond acceptors (Lipinski definition) is 4. The van der Waals surface area contributed by atoms with Gasteiger partial charge in [-0.15, -0.1) is 11.3 Å². The first-order chi connectivity index (χ1) is 8.69. The Hall–Kier alpha value is -1.39. The van der Waals surface area contributed by atoms with Crippen LogP contribution in [0, 0.1) is 6.92 Å². The molecule has 2 rings (SSSR count). The summed E-state index contributed by atoms with van der Waals surface area (Å²) in [7, 11) is 0. The normalized spacial score (nSPS) is 12.4. The molecule has 2 aromatic rings. The van der Waals surface area contributed by atoms with Crippen LogP contribution in [0.4, 0.5) is 5.69 Å². The number of hydrogen-bond donors (Lipinski definition) is 2. The van der Waals surface area contributed by atoms with Crippen LogP contribution in [0.15, 0.2) is 29.6 Å². The van der Waals surface area contributed by atoms with Gasteiger partial charge in [0, 0.05) is 17.7 Å². The Labute approximate surface area is 112 Å². The first-order valence-electron chi connectivity index (χ1n) is 6.07. The number of aryl methyl sites for hydroxylation is 1. The minimum absolute atomic E-state index is 0.196. The second-order valence-corrected chi connectivity index (χ2v) is 5.39.